The molecule has 0 aliphatic heterocycles. The predicted molar refractivity (Wildman–Crippen MR) is 31.3 cm³/mol. The Kier molecular flexibility index (Phi) is 1.35. The quantitative estimate of drug-likeness (QED) is 0.540. The summed E-state index contributed by atoms with van der Waals surface area (Å²) in [6.45, 7) is 1.74. The molecule has 5 heteroatoms. The van der Waals surface area contributed by atoms with Gasteiger partial charge in [-0.25, -0.2) is 0 Å². The summed E-state index contributed by atoms with van der Waals surface area (Å²) in [6.07, 6.45) is 0. The number of nitrogens with zero attached hydrogens (tertiary/aromatic N) is 2. The highest BCUT2D eigenvalue weighted by molar-refractivity contribution is 5.11. The van der Waals surface area contributed by atoms with Gasteiger partial charge in [0.1, 0.15) is 0 Å². The van der Waals surface area contributed by atoms with Crippen LogP contribution in [0.2, 0.25) is 0 Å². The van der Waals surface area contributed by atoms with E-state index in [4.69, 9.17) is 11.5 Å². The first-order valence-electron chi connectivity index (χ1n) is 2.55. The minimum absolute atomic E-state index is 0.127. The zero-order valence-electron chi connectivity index (χ0n) is 5.03. The van der Waals surface area contributed by atoms with Gasteiger partial charge >= 0.3 is 0 Å². The van der Waals surface area contributed by atoms with Crippen molar-refractivity contribution in [3.8, 4) is 0 Å². The number of aromatic nitrogens is 2. The highest BCUT2D eigenvalue weighted by Gasteiger charge is 2.06. The van der Waals surface area contributed by atoms with Crippen molar-refractivity contribution in [2.45, 2.75) is 13.0 Å². The van der Waals surface area contributed by atoms with Crippen LogP contribution in [0.5, 0.6) is 0 Å². The molecule has 1 heterocycles. The Morgan fingerprint density at radius 2 is 2.33 bits per heavy atom. The normalized spacial score (nSPS) is 13.6. The largest absolute Gasteiger partial charge is 0.365 e. The molecule has 0 aliphatic carbocycles. The van der Waals surface area contributed by atoms with Crippen LogP contribution in [0.25, 0.3) is 0 Å². The van der Waals surface area contributed by atoms with Crippen LogP contribution in [0.3, 0.4) is 0 Å². The van der Waals surface area contributed by atoms with Crippen LogP contribution in [-0.2, 0) is 0 Å². The lowest BCUT2D eigenvalue weighted by Gasteiger charge is -1.91. The van der Waals surface area contributed by atoms with E-state index >= 15 is 0 Å². The van der Waals surface area contributed by atoms with Crippen molar-refractivity contribution >= 4 is 5.95 Å². The molecule has 0 saturated heterocycles. The standard InChI is InChI=1S/C4H8N4O/c1-2(5)3-7-4(6)8-9-3/h2H,5H2,1H3,(H2,6,8)/t2-/m0/s1. The van der Waals surface area contributed by atoms with Crippen molar-refractivity contribution in [1.82, 2.24) is 10.1 Å². The lowest BCUT2D eigenvalue weighted by atomic mass is 10.4. The van der Waals surface area contributed by atoms with Crippen molar-refractivity contribution < 1.29 is 4.52 Å². The maximum Gasteiger partial charge on any atom is 0.260 e. The van der Waals surface area contributed by atoms with Crippen molar-refractivity contribution in [2.24, 2.45) is 5.73 Å². The minimum Gasteiger partial charge on any atom is -0.365 e. The summed E-state index contributed by atoms with van der Waals surface area (Å²) in [4.78, 5) is 3.69. The molecule has 0 aliphatic rings. The van der Waals surface area contributed by atoms with Gasteiger partial charge in [-0.05, 0) is 12.1 Å². The van der Waals surface area contributed by atoms with Gasteiger partial charge in [-0.1, -0.05) is 0 Å². The first-order valence-corrected chi connectivity index (χ1v) is 2.55. The van der Waals surface area contributed by atoms with E-state index in [1.807, 2.05) is 0 Å². The molecule has 0 amide bonds. The fourth-order valence-corrected chi connectivity index (χ4v) is 0.432. The molecular weight excluding hydrogens is 120 g/mol. The molecule has 5 nitrogen and oxygen atoms in total. The molecule has 1 rings (SSSR count). The molecule has 1 aromatic rings. The van der Waals surface area contributed by atoms with Crippen molar-refractivity contribution in [1.29, 1.82) is 0 Å². The SMILES string of the molecule is C[C@H](N)c1nc(N)no1. The Hall–Kier alpha value is -1.10. The summed E-state index contributed by atoms with van der Waals surface area (Å²) in [5.74, 6) is 0.495. The third-order valence-corrected chi connectivity index (χ3v) is 0.847. The van der Waals surface area contributed by atoms with Gasteiger partial charge in [-0.2, -0.15) is 4.98 Å². The number of anilines is 1. The van der Waals surface area contributed by atoms with E-state index in [0.717, 1.165) is 0 Å². The second-order valence-corrected chi connectivity index (χ2v) is 1.78. The molecular formula is C4H8N4O. The van der Waals surface area contributed by atoms with Gasteiger partial charge in [-0.15, -0.1) is 0 Å². The van der Waals surface area contributed by atoms with Crippen LogP contribution in [0.4, 0.5) is 5.95 Å². The van der Waals surface area contributed by atoms with Gasteiger partial charge in [0.15, 0.2) is 0 Å². The number of hydrogen-bond donors (Lipinski definition) is 2. The van der Waals surface area contributed by atoms with E-state index in [-0.39, 0.29) is 12.0 Å². The maximum absolute atomic E-state index is 5.38. The van der Waals surface area contributed by atoms with E-state index in [9.17, 15) is 0 Å². The summed E-state index contributed by atoms with van der Waals surface area (Å²) in [7, 11) is 0. The Bertz CT molecular complexity index is 194. The maximum atomic E-state index is 5.38. The Morgan fingerprint density at radius 1 is 1.67 bits per heavy atom. The summed E-state index contributed by atoms with van der Waals surface area (Å²) in [5, 5.41) is 3.35. The average molecular weight is 128 g/mol. The van der Waals surface area contributed by atoms with Crippen molar-refractivity contribution in [3.05, 3.63) is 5.89 Å². The first-order chi connectivity index (χ1) is 4.20. The topological polar surface area (TPSA) is 91.0 Å². The minimum atomic E-state index is -0.241. The fraction of sp³-hybridized carbons (Fsp3) is 0.500. The summed E-state index contributed by atoms with van der Waals surface area (Å²) in [5.41, 5.74) is 10.5. The zero-order valence-corrected chi connectivity index (χ0v) is 5.03. The van der Waals surface area contributed by atoms with E-state index in [0.29, 0.717) is 5.89 Å². The molecule has 0 bridgehead atoms. The second-order valence-electron chi connectivity index (χ2n) is 1.78. The van der Waals surface area contributed by atoms with E-state index in [1.54, 1.807) is 6.92 Å². The molecule has 4 N–H and O–H groups in total. The lowest BCUT2D eigenvalue weighted by molar-refractivity contribution is 0.362. The van der Waals surface area contributed by atoms with Crippen LogP contribution in [0.15, 0.2) is 4.52 Å². The van der Waals surface area contributed by atoms with Crippen LogP contribution in [0, 0.1) is 0 Å². The summed E-state index contributed by atoms with van der Waals surface area (Å²) < 4.78 is 4.61. The van der Waals surface area contributed by atoms with E-state index in [2.05, 4.69) is 14.7 Å². The molecule has 50 valence electrons. The van der Waals surface area contributed by atoms with E-state index in [1.165, 1.54) is 0 Å². The smallest absolute Gasteiger partial charge is 0.260 e. The number of nitrogens with two attached hydrogens (primary N) is 2. The molecule has 0 aromatic carbocycles. The predicted octanol–water partition coefficient (Wildman–Crippen LogP) is -0.328. The highest BCUT2D eigenvalue weighted by atomic mass is 16.5. The van der Waals surface area contributed by atoms with Crippen LogP contribution in [0.1, 0.15) is 18.9 Å². The van der Waals surface area contributed by atoms with Gasteiger partial charge in [0.25, 0.3) is 5.95 Å². The van der Waals surface area contributed by atoms with Gasteiger partial charge < -0.3 is 16.0 Å². The zero-order chi connectivity index (χ0) is 6.85. The van der Waals surface area contributed by atoms with Gasteiger partial charge in [0, 0.05) is 0 Å². The third-order valence-electron chi connectivity index (χ3n) is 0.847. The fourth-order valence-electron chi connectivity index (χ4n) is 0.432. The second kappa shape index (κ2) is 2.02. The molecule has 0 fully saturated rings. The number of hydrogen-bond acceptors (Lipinski definition) is 5. The van der Waals surface area contributed by atoms with Crippen LogP contribution in [-0.4, -0.2) is 10.1 Å². The highest BCUT2D eigenvalue weighted by Crippen LogP contribution is 2.05. The van der Waals surface area contributed by atoms with Crippen LogP contribution < -0.4 is 11.5 Å². The summed E-state index contributed by atoms with van der Waals surface area (Å²) >= 11 is 0. The number of nitrogen functional groups attached to an aromatic ring is 1. The third kappa shape index (κ3) is 1.17. The molecule has 0 radical (unpaired) electrons. The molecule has 0 unspecified atom stereocenters. The van der Waals surface area contributed by atoms with Gasteiger partial charge in [0.2, 0.25) is 5.89 Å². The summed E-state index contributed by atoms with van der Waals surface area (Å²) in [6, 6.07) is -0.241. The Balaban J connectivity index is 2.85. The van der Waals surface area contributed by atoms with Crippen molar-refractivity contribution in [3.63, 3.8) is 0 Å². The lowest BCUT2D eigenvalue weighted by Crippen LogP contribution is -2.05. The molecule has 1 aromatic heterocycles. The Labute approximate surface area is 52.0 Å². The number of rotatable bonds is 1. The monoisotopic (exact) mass is 128 g/mol. The average Bonchev–Trinajstić information content (AvgIpc) is 2.14. The van der Waals surface area contributed by atoms with E-state index < -0.39 is 0 Å². The molecule has 0 spiro atoms. The first kappa shape index (κ1) is 6.03. The van der Waals surface area contributed by atoms with Gasteiger partial charge in [-0.3, -0.25) is 0 Å². The molecule has 9 heavy (non-hydrogen) atoms. The van der Waals surface area contributed by atoms with Crippen molar-refractivity contribution in [2.75, 3.05) is 5.73 Å². The Morgan fingerprint density at radius 3 is 2.56 bits per heavy atom. The molecule has 0 saturated carbocycles. The van der Waals surface area contributed by atoms with Crippen LogP contribution >= 0.6 is 0 Å². The molecule has 1 atom stereocenters. The van der Waals surface area contributed by atoms with Gasteiger partial charge in [0.05, 0.1) is 6.04 Å².